The Bertz CT molecular complexity index is 693. The van der Waals surface area contributed by atoms with Crippen molar-refractivity contribution in [3.05, 3.63) is 29.5 Å². The molecule has 1 saturated heterocycles. The molecule has 1 N–H and O–H groups in total. The van der Waals surface area contributed by atoms with Gasteiger partial charge in [0, 0.05) is 26.8 Å². The molecule has 1 fully saturated rings. The van der Waals surface area contributed by atoms with E-state index in [1.807, 2.05) is 12.1 Å². The highest BCUT2D eigenvalue weighted by molar-refractivity contribution is 5.86. The Balaban J connectivity index is 1.98. The van der Waals surface area contributed by atoms with Crippen LogP contribution in [0.2, 0.25) is 0 Å². The number of aryl methyl sites for hydroxylation is 1. The van der Waals surface area contributed by atoms with Gasteiger partial charge in [-0.15, -0.1) is 0 Å². The molecule has 0 spiro atoms. The van der Waals surface area contributed by atoms with E-state index < -0.39 is 6.98 Å². The van der Waals surface area contributed by atoms with Gasteiger partial charge in [0.05, 0.1) is 7.11 Å². The fourth-order valence-corrected chi connectivity index (χ4v) is 3.23. The van der Waals surface area contributed by atoms with Crippen LogP contribution >= 0.6 is 0 Å². The lowest BCUT2D eigenvalue weighted by atomic mass is 10.00. The number of methoxy groups -OCH3 is 1. The summed E-state index contributed by atoms with van der Waals surface area (Å²) >= 11 is 0. The van der Waals surface area contributed by atoms with Crippen molar-refractivity contribution in [2.75, 3.05) is 20.6 Å². The number of hydrogen-bond donors (Lipinski definition) is 1. The second-order valence-electron chi connectivity index (χ2n) is 5.54. The summed E-state index contributed by atoms with van der Waals surface area (Å²) < 4.78 is 28.6. The van der Waals surface area contributed by atoms with E-state index in [9.17, 15) is 0 Å². The number of ether oxygens (including phenoxy) is 1. The van der Waals surface area contributed by atoms with Gasteiger partial charge in [-0.25, -0.2) is 0 Å². The van der Waals surface area contributed by atoms with Crippen molar-refractivity contribution in [1.82, 2.24) is 9.88 Å². The van der Waals surface area contributed by atoms with Crippen molar-refractivity contribution >= 4 is 10.9 Å². The van der Waals surface area contributed by atoms with Crippen LogP contribution in [0.15, 0.2) is 18.2 Å². The first-order valence-electron chi connectivity index (χ1n) is 8.88. The van der Waals surface area contributed by atoms with Gasteiger partial charge in [0.2, 0.25) is 0 Å². The molecular formula is C17H24N2O. The molecule has 2 aromatic rings. The molecule has 0 amide bonds. The molecule has 1 aliphatic heterocycles. The highest BCUT2D eigenvalue weighted by Gasteiger charge is 2.23. The second kappa shape index (κ2) is 5.49. The monoisotopic (exact) mass is 275 g/mol. The SMILES string of the molecule is [2H]C([2H])([2H])N1CCC[C@@H]1Cc1c(CC)[nH]c2ccc(OC)cc12. The van der Waals surface area contributed by atoms with Gasteiger partial charge in [-0.05, 0) is 63.0 Å². The molecule has 1 aliphatic rings. The summed E-state index contributed by atoms with van der Waals surface area (Å²) in [5.74, 6) is 0.833. The third kappa shape index (κ3) is 2.31. The van der Waals surface area contributed by atoms with Gasteiger partial charge in [0.25, 0.3) is 0 Å². The fourth-order valence-electron chi connectivity index (χ4n) is 3.23. The van der Waals surface area contributed by atoms with E-state index in [0.717, 1.165) is 42.3 Å². The fraction of sp³-hybridized carbons (Fsp3) is 0.529. The number of aromatic nitrogens is 1. The van der Waals surface area contributed by atoms with Crippen molar-refractivity contribution in [3.8, 4) is 5.75 Å². The van der Waals surface area contributed by atoms with Crippen molar-refractivity contribution in [1.29, 1.82) is 0 Å². The van der Waals surface area contributed by atoms with Gasteiger partial charge in [-0.1, -0.05) is 6.92 Å². The average molecular weight is 275 g/mol. The molecule has 0 bridgehead atoms. The van der Waals surface area contributed by atoms with Crippen LogP contribution in [-0.4, -0.2) is 36.6 Å². The average Bonchev–Trinajstić information content (AvgIpc) is 3.11. The predicted molar refractivity (Wildman–Crippen MR) is 83.6 cm³/mol. The van der Waals surface area contributed by atoms with Gasteiger partial charge >= 0.3 is 0 Å². The van der Waals surface area contributed by atoms with Crippen LogP contribution in [0.5, 0.6) is 5.75 Å². The summed E-state index contributed by atoms with van der Waals surface area (Å²) in [4.78, 5) is 5.16. The summed E-state index contributed by atoms with van der Waals surface area (Å²) in [6, 6.07) is 6.12. The Morgan fingerprint density at radius 3 is 3.15 bits per heavy atom. The molecule has 2 heterocycles. The predicted octanol–water partition coefficient (Wildman–Crippen LogP) is 3.38. The Kier molecular flexibility index (Phi) is 2.82. The van der Waals surface area contributed by atoms with Gasteiger partial charge in [-0.2, -0.15) is 0 Å². The third-order valence-corrected chi connectivity index (χ3v) is 4.37. The maximum absolute atomic E-state index is 7.75. The Morgan fingerprint density at radius 2 is 2.40 bits per heavy atom. The number of H-pyrrole nitrogens is 1. The molecule has 3 nitrogen and oxygen atoms in total. The highest BCUT2D eigenvalue weighted by Crippen LogP contribution is 2.30. The zero-order valence-electron chi connectivity index (χ0n) is 15.2. The minimum atomic E-state index is -2.00. The quantitative estimate of drug-likeness (QED) is 0.926. The van der Waals surface area contributed by atoms with E-state index in [4.69, 9.17) is 8.85 Å². The molecule has 1 aromatic carbocycles. The lowest BCUT2D eigenvalue weighted by Gasteiger charge is -2.19. The number of fused-ring (bicyclic) bond motifs is 1. The number of likely N-dealkylation sites (N-methyl/N-ethyl adjacent to an activating group) is 1. The minimum absolute atomic E-state index is 0.0815. The maximum atomic E-state index is 7.75. The zero-order chi connectivity index (χ0) is 16.6. The Hall–Kier alpha value is -1.48. The number of benzene rings is 1. The minimum Gasteiger partial charge on any atom is -0.497 e. The molecule has 0 aliphatic carbocycles. The van der Waals surface area contributed by atoms with E-state index in [-0.39, 0.29) is 6.04 Å². The van der Waals surface area contributed by atoms with Gasteiger partial charge in [-0.3, -0.25) is 0 Å². The number of hydrogen-bond acceptors (Lipinski definition) is 2. The van der Waals surface area contributed by atoms with Crippen molar-refractivity contribution in [3.63, 3.8) is 0 Å². The summed E-state index contributed by atoms with van der Waals surface area (Å²) in [5, 5.41) is 1.15. The van der Waals surface area contributed by atoms with Gasteiger partial charge in [0.15, 0.2) is 0 Å². The topological polar surface area (TPSA) is 28.3 Å². The molecular weight excluding hydrogens is 248 g/mol. The number of rotatable bonds is 4. The normalized spacial score (nSPS) is 22.7. The first-order chi connectivity index (χ1) is 10.9. The lowest BCUT2D eigenvalue weighted by molar-refractivity contribution is 0.309. The van der Waals surface area contributed by atoms with Crippen LogP contribution < -0.4 is 4.74 Å². The molecule has 3 rings (SSSR count). The first kappa shape index (κ1) is 10.3. The third-order valence-electron chi connectivity index (χ3n) is 4.37. The van der Waals surface area contributed by atoms with Gasteiger partial charge in [0.1, 0.15) is 5.75 Å². The van der Waals surface area contributed by atoms with Crippen molar-refractivity contribution in [2.45, 2.75) is 38.6 Å². The summed E-state index contributed by atoms with van der Waals surface area (Å²) in [5.41, 5.74) is 3.53. The van der Waals surface area contributed by atoms with E-state index in [2.05, 4.69) is 18.0 Å². The molecule has 1 aromatic heterocycles. The molecule has 0 unspecified atom stereocenters. The Labute approximate surface area is 125 Å². The molecule has 0 radical (unpaired) electrons. The summed E-state index contributed by atoms with van der Waals surface area (Å²) in [6.45, 7) is 0.785. The lowest BCUT2D eigenvalue weighted by Crippen LogP contribution is -2.27. The van der Waals surface area contributed by atoms with Crippen LogP contribution in [0.25, 0.3) is 10.9 Å². The Morgan fingerprint density at radius 1 is 1.50 bits per heavy atom. The van der Waals surface area contributed by atoms with Crippen LogP contribution in [-0.2, 0) is 12.8 Å². The van der Waals surface area contributed by atoms with Gasteiger partial charge < -0.3 is 14.6 Å². The smallest absolute Gasteiger partial charge is 0.119 e. The van der Waals surface area contributed by atoms with Crippen LogP contribution in [0.4, 0.5) is 0 Å². The molecule has 3 heteroatoms. The number of aromatic amines is 1. The van der Waals surface area contributed by atoms with Crippen molar-refractivity contribution in [2.24, 2.45) is 0 Å². The van der Waals surface area contributed by atoms with E-state index in [1.165, 1.54) is 11.3 Å². The standard InChI is InChI=1S/C17H24N2O/c1-4-16-14(10-12-6-5-9-19(12)2)15-11-13(20-3)7-8-17(15)18-16/h7-8,11-12,18H,4-6,9-10H2,1-3H3/t12-/m1/s1/i2D3. The first-order valence-corrected chi connectivity index (χ1v) is 7.38. The maximum Gasteiger partial charge on any atom is 0.119 e. The van der Waals surface area contributed by atoms with Crippen LogP contribution in [0.3, 0.4) is 0 Å². The molecule has 20 heavy (non-hydrogen) atoms. The van der Waals surface area contributed by atoms with E-state index >= 15 is 0 Å². The highest BCUT2D eigenvalue weighted by atomic mass is 16.5. The molecule has 108 valence electrons. The number of likely N-dealkylation sites (tertiary alicyclic amines) is 1. The zero-order valence-corrected chi connectivity index (χ0v) is 12.2. The van der Waals surface area contributed by atoms with Crippen LogP contribution in [0, 0.1) is 0 Å². The van der Waals surface area contributed by atoms with Crippen LogP contribution in [0.1, 0.15) is 35.1 Å². The summed E-state index contributed by atoms with van der Waals surface area (Å²) in [7, 11) is 1.67. The summed E-state index contributed by atoms with van der Waals surface area (Å²) in [6.07, 6.45) is 3.58. The number of nitrogens with zero attached hydrogens (tertiary/aromatic N) is 1. The van der Waals surface area contributed by atoms with Crippen molar-refractivity contribution < 1.29 is 8.85 Å². The van der Waals surface area contributed by atoms with E-state index in [0.29, 0.717) is 6.54 Å². The number of nitrogens with one attached hydrogen (secondary N) is 1. The molecule has 1 atom stereocenters. The molecule has 0 saturated carbocycles. The van der Waals surface area contributed by atoms with E-state index in [1.54, 1.807) is 12.0 Å². The largest absolute Gasteiger partial charge is 0.497 e. The second-order valence-corrected chi connectivity index (χ2v) is 5.54.